The summed E-state index contributed by atoms with van der Waals surface area (Å²) in [5.41, 5.74) is 0.781. The monoisotopic (exact) mass is 161 g/mol. The summed E-state index contributed by atoms with van der Waals surface area (Å²) in [6.07, 6.45) is 2.37. The Morgan fingerprint density at radius 2 is 1.92 bits per heavy atom. The molecule has 3 nitrogen and oxygen atoms in total. The summed E-state index contributed by atoms with van der Waals surface area (Å²) in [5.74, 6) is -0.394. The van der Waals surface area contributed by atoms with E-state index in [4.69, 9.17) is 4.42 Å². The molecule has 1 aromatic heterocycles. The van der Waals surface area contributed by atoms with E-state index in [1.165, 1.54) is 0 Å². The second-order valence-corrected chi connectivity index (χ2v) is 2.25. The SMILES string of the molecule is O=c1o[c]c(-c2ccccc2)o1. The van der Waals surface area contributed by atoms with Crippen LogP contribution in [0.15, 0.2) is 44.0 Å². The molecule has 0 aliphatic carbocycles. The molecule has 0 saturated carbocycles. The van der Waals surface area contributed by atoms with E-state index < -0.39 is 5.82 Å². The molecule has 3 heteroatoms. The molecule has 0 amide bonds. The molecule has 0 aliphatic rings. The van der Waals surface area contributed by atoms with E-state index in [-0.39, 0.29) is 0 Å². The van der Waals surface area contributed by atoms with E-state index in [9.17, 15) is 4.79 Å². The van der Waals surface area contributed by atoms with E-state index in [1.807, 2.05) is 30.3 Å². The van der Waals surface area contributed by atoms with Gasteiger partial charge in [0.15, 0.2) is 5.76 Å². The van der Waals surface area contributed by atoms with Crippen molar-refractivity contribution in [3.05, 3.63) is 47.2 Å². The number of hydrogen-bond acceptors (Lipinski definition) is 3. The molecule has 0 N–H and O–H groups in total. The Kier molecular flexibility index (Phi) is 1.55. The maximum Gasteiger partial charge on any atom is 0.519 e. The van der Waals surface area contributed by atoms with E-state index >= 15 is 0 Å². The molecule has 1 radical (unpaired) electrons. The summed E-state index contributed by atoms with van der Waals surface area (Å²) in [6, 6.07) is 9.18. The maximum absolute atomic E-state index is 10.5. The van der Waals surface area contributed by atoms with E-state index in [2.05, 4.69) is 10.7 Å². The summed E-state index contributed by atoms with van der Waals surface area (Å²) in [6.45, 7) is 0. The molecule has 59 valence electrons. The van der Waals surface area contributed by atoms with Crippen molar-refractivity contribution in [1.29, 1.82) is 0 Å². The molecule has 0 unspecified atom stereocenters. The van der Waals surface area contributed by atoms with Crippen LogP contribution in [0, 0.1) is 6.26 Å². The molecule has 0 saturated heterocycles. The highest BCUT2D eigenvalue weighted by molar-refractivity contribution is 5.54. The lowest BCUT2D eigenvalue weighted by Gasteiger charge is -1.89. The summed E-state index contributed by atoms with van der Waals surface area (Å²) < 4.78 is 9.06. The molecule has 2 aromatic rings. The second-order valence-electron chi connectivity index (χ2n) is 2.25. The van der Waals surface area contributed by atoms with Crippen LogP contribution >= 0.6 is 0 Å². The summed E-state index contributed by atoms with van der Waals surface area (Å²) >= 11 is 0. The Labute approximate surface area is 68.2 Å². The van der Waals surface area contributed by atoms with Gasteiger partial charge in [-0.25, -0.2) is 4.79 Å². The lowest BCUT2D eigenvalue weighted by atomic mass is 10.2. The van der Waals surface area contributed by atoms with Crippen LogP contribution in [0.3, 0.4) is 0 Å². The highest BCUT2D eigenvalue weighted by atomic mass is 16.6. The smallest absolute Gasteiger partial charge is 0.390 e. The lowest BCUT2D eigenvalue weighted by molar-refractivity contribution is 0.387. The minimum Gasteiger partial charge on any atom is -0.390 e. The fraction of sp³-hybridized carbons (Fsp3) is 0. The first kappa shape index (κ1) is 6.91. The molecule has 0 atom stereocenters. The van der Waals surface area contributed by atoms with Gasteiger partial charge in [0, 0.05) is 5.56 Å². The Hall–Kier alpha value is -1.77. The van der Waals surface area contributed by atoms with E-state index in [0.717, 1.165) is 5.56 Å². The number of hydrogen-bond donors (Lipinski definition) is 0. The van der Waals surface area contributed by atoms with Gasteiger partial charge in [-0.3, -0.25) is 0 Å². The molecule has 1 heterocycles. The maximum atomic E-state index is 10.5. The summed E-state index contributed by atoms with van der Waals surface area (Å²) in [5, 5.41) is 0. The Morgan fingerprint density at radius 3 is 2.50 bits per heavy atom. The molecular weight excluding hydrogens is 156 g/mol. The van der Waals surface area contributed by atoms with Crippen molar-refractivity contribution in [2.75, 3.05) is 0 Å². The zero-order valence-electron chi connectivity index (χ0n) is 6.11. The third-order valence-electron chi connectivity index (χ3n) is 1.45. The van der Waals surface area contributed by atoms with Crippen molar-refractivity contribution in [1.82, 2.24) is 0 Å². The second kappa shape index (κ2) is 2.70. The van der Waals surface area contributed by atoms with Gasteiger partial charge >= 0.3 is 5.82 Å². The van der Waals surface area contributed by atoms with E-state index in [0.29, 0.717) is 5.76 Å². The van der Waals surface area contributed by atoms with Crippen LogP contribution in [0.5, 0.6) is 0 Å². The Morgan fingerprint density at radius 1 is 1.17 bits per heavy atom. The molecular formula is C9H5O3. The third kappa shape index (κ3) is 1.16. The van der Waals surface area contributed by atoms with Gasteiger partial charge in [-0.15, -0.1) is 0 Å². The standard InChI is InChI=1S/C9H5O3/c10-9-11-6-8(12-9)7-4-2-1-3-5-7/h1-5H. The van der Waals surface area contributed by atoms with Crippen LogP contribution in [0.2, 0.25) is 0 Å². The minimum atomic E-state index is -0.728. The van der Waals surface area contributed by atoms with Crippen molar-refractivity contribution in [3.8, 4) is 11.3 Å². The minimum absolute atomic E-state index is 0.334. The highest BCUT2D eigenvalue weighted by Gasteiger charge is 2.03. The van der Waals surface area contributed by atoms with Crippen LogP contribution in [0.4, 0.5) is 0 Å². The van der Waals surface area contributed by atoms with Crippen LogP contribution in [-0.4, -0.2) is 0 Å². The normalized spacial score (nSPS) is 10.0. The molecule has 0 bridgehead atoms. The van der Waals surface area contributed by atoms with Crippen molar-refractivity contribution < 1.29 is 8.83 Å². The fourth-order valence-corrected chi connectivity index (χ4v) is 0.920. The van der Waals surface area contributed by atoms with Crippen LogP contribution in [0.1, 0.15) is 0 Å². The first-order valence-corrected chi connectivity index (χ1v) is 3.43. The van der Waals surface area contributed by atoms with Gasteiger partial charge in [0.25, 0.3) is 0 Å². The van der Waals surface area contributed by atoms with Crippen molar-refractivity contribution in [2.24, 2.45) is 0 Å². The molecule has 0 aliphatic heterocycles. The zero-order valence-corrected chi connectivity index (χ0v) is 6.11. The molecule has 0 fully saturated rings. The Bertz CT molecular complexity index is 411. The highest BCUT2D eigenvalue weighted by Crippen LogP contribution is 2.15. The first-order valence-electron chi connectivity index (χ1n) is 3.43. The van der Waals surface area contributed by atoms with Crippen LogP contribution in [-0.2, 0) is 0 Å². The first-order chi connectivity index (χ1) is 5.86. The van der Waals surface area contributed by atoms with Gasteiger partial charge in [0.2, 0.25) is 6.26 Å². The quantitative estimate of drug-likeness (QED) is 0.639. The van der Waals surface area contributed by atoms with E-state index in [1.54, 1.807) is 0 Å². The largest absolute Gasteiger partial charge is 0.519 e. The van der Waals surface area contributed by atoms with Crippen LogP contribution < -0.4 is 5.82 Å². The van der Waals surface area contributed by atoms with Gasteiger partial charge < -0.3 is 8.83 Å². The van der Waals surface area contributed by atoms with Gasteiger partial charge in [-0.2, -0.15) is 0 Å². The fourth-order valence-electron chi connectivity index (χ4n) is 0.920. The average molecular weight is 161 g/mol. The molecule has 12 heavy (non-hydrogen) atoms. The zero-order chi connectivity index (χ0) is 8.39. The number of benzene rings is 1. The van der Waals surface area contributed by atoms with Gasteiger partial charge in [0.05, 0.1) is 0 Å². The summed E-state index contributed by atoms with van der Waals surface area (Å²) in [4.78, 5) is 10.5. The number of rotatable bonds is 1. The predicted molar refractivity (Wildman–Crippen MR) is 41.5 cm³/mol. The van der Waals surface area contributed by atoms with Gasteiger partial charge in [-0.05, 0) is 0 Å². The predicted octanol–water partition coefficient (Wildman–Crippen LogP) is 1.70. The third-order valence-corrected chi connectivity index (χ3v) is 1.45. The van der Waals surface area contributed by atoms with Crippen molar-refractivity contribution >= 4 is 0 Å². The van der Waals surface area contributed by atoms with Gasteiger partial charge in [0.1, 0.15) is 0 Å². The Balaban J connectivity index is 2.51. The lowest BCUT2D eigenvalue weighted by Crippen LogP contribution is -1.85. The molecule has 0 spiro atoms. The van der Waals surface area contributed by atoms with Gasteiger partial charge in [-0.1, -0.05) is 30.3 Å². The summed E-state index contributed by atoms with van der Waals surface area (Å²) in [7, 11) is 0. The average Bonchev–Trinajstić information content (AvgIpc) is 2.54. The van der Waals surface area contributed by atoms with Crippen molar-refractivity contribution in [2.45, 2.75) is 0 Å². The van der Waals surface area contributed by atoms with Crippen molar-refractivity contribution in [3.63, 3.8) is 0 Å². The van der Waals surface area contributed by atoms with Crippen LogP contribution in [0.25, 0.3) is 11.3 Å². The topological polar surface area (TPSA) is 43.4 Å². The molecule has 2 rings (SSSR count). The molecule has 1 aromatic carbocycles.